The summed E-state index contributed by atoms with van der Waals surface area (Å²) < 4.78 is 6.06. The van der Waals surface area contributed by atoms with Crippen molar-refractivity contribution in [1.29, 1.82) is 0 Å². The molecule has 21 heavy (non-hydrogen) atoms. The lowest BCUT2D eigenvalue weighted by Gasteiger charge is -2.04. The predicted molar refractivity (Wildman–Crippen MR) is 97.2 cm³/mol. The molecule has 2 rings (SSSR count). The molecule has 0 spiro atoms. The van der Waals surface area contributed by atoms with Crippen LogP contribution in [0.4, 0.5) is 5.69 Å². The number of nitrogens with two attached hydrogens (primary N) is 1. The number of carbonyl (C=O) groups excluding carboxylic acids is 1. The van der Waals surface area contributed by atoms with E-state index in [9.17, 15) is 4.79 Å². The first-order chi connectivity index (χ1) is 9.99. The zero-order chi connectivity index (χ0) is 15.6. The van der Waals surface area contributed by atoms with Crippen molar-refractivity contribution in [2.45, 2.75) is 20.3 Å². The van der Waals surface area contributed by atoms with Crippen LogP contribution in [0.25, 0.3) is 10.4 Å². The van der Waals surface area contributed by atoms with Gasteiger partial charge in [-0.1, -0.05) is 24.6 Å². The second-order valence-electron chi connectivity index (χ2n) is 4.36. The van der Waals surface area contributed by atoms with Gasteiger partial charge in [0.15, 0.2) is 0 Å². The number of ether oxygens (including phenoxy) is 1. The minimum atomic E-state index is -0.363. The van der Waals surface area contributed by atoms with Crippen LogP contribution in [-0.2, 0) is 11.2 Å². The summed E-state index contributed by atoms with van der Waals surface area (Å²) >= 11 is 9.74. The molecule has 0 radical (unpaired) electrons. The number of rotatable bonds is 4. The Bertz CT molecular complexity index is 685. The van der Waals surface area contributed by atoms with Crippen molar-refractivity contribution >= 4 is 57.2 Å². The van der Waals surface area contributed by atoms with E-state index in [0.29, 0.717) is 22.2 Å². The summed E-state index contributed by atoms with van der Waals surface area (Å²) in [5.74, 6) is -0.363. The summed E-state index contributed by atoms with van der Waals surface area (Å²) in [7, 11) is 0. The fourth-order valence-corrected chi connectivity index (χ4v) is 3.77. The number of benzene rings is 1. The van der Waals surface area contributed by atoms with E-state index in [0.717, 1.165) is 26.0 Å². The third-order valence-corrected chi connectivity index (χ3v) is 5.89. The van der Waals surface area contributed by atoms with E-state index in [-0.39, 0.29) is 5.97 Å². The van der Waals surface area contributed by atoms with Gasteiger partial charge < -0.3 is 10.5 Å². The van der Waals surface area contributed by atoms with Crippen molar-refractivity contribution in [1.82, 2.24) is 0 Å². The fraction of sp³-hybridized carbons (Fsp3) is 0.267. The Morgan fingerprint density at radius 1 is 1.43 bits per heavy atom. The summed E-state index contributed by atoms with van der Waals surface area (Å²) in [6.45, 7) is 4.13. The average molecular weight is 436 g/mol. The smallest absolute Gasteiger partial charge is 0.350 e. The highest BCUT2D eigenvalue weighted by molar-refractivity contribution is 14.1. The van der Waals surface area contributed by atoms with Crippen molar-refractivity contribution in [2.24, 2.45) is 0 Å². The molecule has 1 heterocycles. The van der Waals surface area contributed by atoms with Crippen molar-refractivity contribution < 1.29 is 9.53 Å². The fourth-order valence-electron chi connectivity index (χ4n) is 2.05. The van der Waals surface area contributed by atoms with Gasteiger partial charge >= 0.3 is 5.97 Å². The van der Waals surface area contributed by atoms with Crippen LogP contribution in [0.2, 0.25) is 5.02 Å². The van der Waals surface area contributed by atoms with E-state index in [1.54, 1.807) is 6.92 Å². The summed E-state index contributed by atoms with van der Waals surface area (Å²) in [6, 6.07) is 5.85. The van der Waals surface area contributed by atoms with Crippen molar-refractivity contribution in [3.63, 3.8) is 0 Å². The van der Waals surface area contributed by atoms with Gasteiger partial charge in [0.25, 0.3) is 0 Å². The summed E-state index contributed by atoms with van der Waals surface area (Å²) in [4.78, 5) is 13.4. The molecule has 0 aliphatic rings. The molecule has 2 aromatic rings. The zero-order valence-corrected chi connectivity index (χ0v) is 15.4. The molecule has 0 bridgehead atoms. The SMILES string of the molecule is CCOC(=O)c1sc(-c2ccc(I)c(Cl)c2)c(CC)c1N. The Morgan fingerprint density at radius 2 is 2.14 bits per heavy atom. The zero-order valence-electron chi connectivity index (χ0n) is 11.7. The highest BCUT2D eigenvalue weighted by Gasteiger charge is 2.22. The highest BCUT2D eigenvalue weighted by atomic mass is 127. The number of hydrogen-bond acceptors (Lipinski definition) is 4. The Balaban J connectivity index is 2.55. The molecule has 1 aromatic heterocycles. The van der Waals surface area contributed by atoms with Crippen LogP contribution >= 0.6 is 45.5 Å². The second-order valence-corrected chi connectivity index (χ2v) is 6.95. The lowest BCUT2D eigenvalue weighted by molar-refractivity contribution is 0.0533. The van der Waals surface area contributed by atoms with E-state index in [4.69, 9.17) is 22.1 Å². The van der Waals surface area contributed by atoms with Crippen LogP contribution in [-0.4, -0.2) is 12.6 Å². The van der Waals surface area contributed by atoms with Crippen molar-refractivity contribution in [3.05, 3.63) is 37.2 Å². The van der Waals surface area contributed by atoms with E-state index in [1.165, 1.54) is 11.3 Å². The van der Waals surface area contributed by atoms with Gasteiger partial charge in [-0.25, -0.2) is 4.79 Å². The molecule has 1 aromatic carbocycles. The van der Waals surface area contributed by atoms with Crippen molar-refractivity contribution in [2.75, 3.05) is 12.3 Å². The average Bonchev–Trinajstić information content (AvgIpc) is 2.79. The normalized spacial score (nSPS) is 10.7. The molecule has 0 unspecified atom stereocenters. The molecule has 0 fully saturated rings. The number of anilines is 1. The molecule has 0 saturated carbocycles. The molecule has 0 aliphatic heterocycles. The van der Waals surface area contributed by atoms with Crippen LogP contribution in [0.3, 0.4) is 0 Å². The molecular formula is C15H15ClINO2S. The summed E-state index contributed by atoms with van der Waals surface area (Å²) in [6.07, 6.45) is 0.751. The molecule has 6 heteroatoms. The second kappa shape index (κ2) is 6.98. The van der Waals surface area contributed by atoms with Gasteiger partial charge in [0.05, 0.1) is 17.3 Å². The van der Waals surface area contributed by atoms with Gasteiger partial charge in [-0.05, 0) is 59.2 Å². The largest absolute Gasteiger partial charge is 0.462 e. The number of nitrogen functional groups attached to an aromatic ring is 1. The van der Waals surface area contributed by atoms with Gasteiger partial charge in [0.2, 0.25) is 0 Å². The third kappa shape index (κ3) is 3.35. The Hall–Kier alpha value is -0.790. The van der Waals surface area contributed by atoms with Gasteiger partial charge in [-0.2, -0.15) is 0 Å². The molecule has 2 N–H and O–H groups in total. The monoisotopic (exact) mass is 435 g/mol. The Labute approximate surface area is 146 Å². The molecule has 0 aliphatic carbocycles. The summed E-state index contributed by atoms with van der Waals surface area (Å²) in [5, 5.41) is 0.694. The van der Waals surface area contributed by atoms with Gasteiger partial charge in [0, 0.05) is 8.45 Å². The molecule has 3 nitrogen and oxygen atoms in total. The molecule has 0 saturated heterocycles. The Kier molecular flexibility index (Phi) is 5.51. The van der Waals surface area contributed by atoms with Gasteiger partial charge in [-0.3, -0.25) is 0 Å². The van der Waals surface area contributed by atoms with Crippen LogP contribution in [0.1, 0.15) is 29.1 Å². The van der Waals surface area contributed by atoms with Crippen LogP contribution < -0.4 is 5.73 Å². The minimum absolute atomic E-state index is 0.336. The minimum Gasteiger partial charge on any atom is -0.462 e. The van der Waals surface area contributed by atoms with Crippen LogP contribution in [0.5, 0.6) is 0 Å². The molecule has 0 amide bonds. The number of esters is 1. The van der Waals surface area contributed by atoms with E-state index in [1.807, 2.05) is 25.1 Å². The maximum absolute atomic E-state index is 12.0. The molecule has 0 atom stereocenters. The van der Waals surface area contributed by atoms with E-state index in [2.05, 4.69) is 22.6 Å². The van der Waals surface area contributed by atoms with Crippen LogP contribution in [0, 0.1) is 3.57 Å². The van der Waals surface area contributed by atoms with E-state index < -0.39 is 0 Å². The summed E-state index contributed by atoms with van der Waals surface area (Å²) in [5.41, 5.74) is 8.59. The standard InChI is InChI=1S/C15H15ClINO2S/c1-3-9-12(18)14(15(19)20-4-2)21-13(9)8-5-6-11(17)10(16)7-8/h5-7H,3-4,18H2,1-2H3. The highest BCUT2D eigenvalue weighted by Crippen LogP contribution is 2.40. The Morgan fingerprint density at radius 3 is 2.71 bits per heavy atom. The lowest BCUT2D eigenvalue weighted by Crippen LogP contribution is -2.05. The number of halogens is 2. The first-order valence-corrected chi connectivity index (χ1v) is 8.80. The maximum Gasteiger partial charge on any atom is 0.350 e. The lowest BCUT2D eigenvalue weighted by atomic mass is 10.1. The number of thiophene rings is 1. The maximum atomic E-state index is 12.0. The third-order valence-electron chi connectivity index (χ3n) is 3.04. The number of hydrogen-bond donors (Lipinski definition) is 1. The van der Waals surface area contributed by atoms with E-state index >= 15 is 0 Å². The molecule has 112 valence electrons. The van der Waals surface area contributed by atoms with Gasteiger partial charge in [-0.15, -0.1) is 11.3 Å². The number of carbonyl (C=O) groups is 1. The van der Waals surface area contributed by atoms with Gasteiger partial charge in [0.1, 0.15) is 4.88 Å². The first-order valence-electron chi connectivity index (χ1n) is 6.53. The first kappa shape index (κ1) is 16.6. The predicted octanol–water partition coefficient (Wildman–Crippen LogP) is 4.99. The van der Waals surface area contributed by atoms with Crippen LogP contribution in [0.15, 0.2) is 18.2 Å². The topological polar surface area (TPSA) is 52.3 Å². The van der Waals surface area contributed by atoms with Crippen molar-refractivity contribution in [3.8, 4) is 10.4 Å². The molecular weight excluding hydrogens is 421 g/mol. The quantitative estimate of drug-likeness (QED) is 0.543.